The van der Waals surface area contributed by atoms with Crippen LogP contribution in [0.4, 0.5) is 11.4 Å². The molecule has 180 valence electrons. The molecule has 0 saturated carbocycles. The number of sulfone groups is 1. The van der Waals surface area contributed by atoms with Crippen LogP contribution in [0, 0.1) is 20.8 Å². The van der Waals surface area contributed by atoms with Gasteiger partial charge >= 0.3 is 0 Å². The molecule has 3 rings (SSSR count). The van der Waals surface area contributed by atoms with E-state index in [9.17, 15) is 23.1 Å². The van der Waals surface area contributed by atoms with Crippen LogP contribution in [0.25, 0.3) is 0 Å². The number of phenols is 1. The van der Waals surface area contributed by atoms with Gasteiger partial charge in [0, 0.05) is 11.8 Å². The summed E-state index contributed by atoms with van der Waals surface area (Å²) >= 11 is 0. The summed E-state index contributed by atoms with van der Waals surface area (Å²) in [7, 11) is -3.85. The molecule has 1 atom stereocenters. The van der Waals surface area contributed by atoms with Gasteiger partial charge in [0.25, 0.3) is 0 Å². The average Bonchev–Trinajstić information content (AvgIpc) is 2.76. The lowest BCUT2D eigenvalue weighted by Crippen LogP contribution is -2.34. The SMILES string of the molecule is CCC(C(=O)Nc1ccc(NC=O)c(O)c1)S(=O)(=O)c1cccc(C)c1.Cc1cccc(C)c1. The van der Waals surface area contributed by atoms with Crippen LogP contribution in [0.3, 0.4) is 0 Å². The van der Waals surface area contributed by atoms with Crippen LogP contribution >= 0.6 is 0 Å². The first-order chi connectivity index (χ1) is 16.1. The van der Waals surface area contributed by atoms with Gasteiger partial charge in [-0.1, -0.05) is 54.4 Å². The molecule has 3 N–H and O–H groups in total. The Kier molecular flexibility index (Phi) is 9.38. The molecule has 0 fully saturated rings. The normalized spacial score (nSPS) is 11.5. The lowest BCUT2D eigenvalue weighted by Gasteiger charge is -2.17. The molecule has 1 unspecified atom stereocenters. The molecule has 3 aromatic rings. The Labute approximate surface area is 200 Å². The van der Waals surface area contributed by atoms with Crippen molar-refractivity contribution < 1.29 is 23.1 Å². The summed E-state index contributed by atoms with van der Waals surface area (Å²) in [4.78, 5) is 23.0. The highest BCUT2D eigenvalue weighted by Gasteiger charge is 2.32. The quantitative estimate of drug-likeness (QED) is 0.332. The molecule has 0 spiro atoms. The zero-order valence-electron chi connectivity index (χ0n) is 19.7. The summed E-state index contributed by atoms with van der Waals surface area (Å²) in [6, 6.07) is 18.9. The number of amides is 2. The van der Waals surface area contributed by atoms with E-state index in [4.69, 9.17) is 0 Å². The van der Waals surface area contributed by atoms with Gasteiger partial charge in [-0.3, -0.25) is 9.59 Å². The third kappa shape index (κ3) is 7.18. The Morgan fingerprint density at radius 1 is 0.941 bits per heavy atom. The summed E-state index contributed by atoms with van der Waals surface area (Å²) in [5.41, 5.74) is 3.86. The summed E-state index contributed by atoms with van der Waals surface area (Å²) < 4.78 is 25.6. The molecule has 0 aliphatic carbocycles. The molecule has 7 nitrogen and oxygen atoms in total. The molecule has 0 aliphatic heterocycles. The van der Waals surface area contributed by atoms with Crippen molar-refractivity contribution in [2.45, 2.75) is 44.3 Å². The maximum atomic E-state index is 12.8. The lowest BCUT2D eigenvalue weighted by atomic mass is 10.2. The Morgan fingerprint density at radius 3 is 2.00 bits per heavy atom. The van der Waals surface area contributed by atoms with Gasteiger partial charge in [-0.2, -0.15) is 0 Å². The molecule has 0 aliphatic rings. The van der Waals surface area contributed by atoms with Crippen molar-refractivity contribution in [2.75, 3.05) is 10.6 Å². The van der Waals surface area contributed by atoms with Crippen LogP contribution in [-0.2, 0) is 19.4 Å². The Morgan fingerprint density at radius 2 is 1.53 bits per heavy atom. The first kappa shape index (κ1) is 26.6. The van der Waals surface area contributed by atoms with E-state index in [2.05, 4.69) is 48.7 Å². The standard InChI is InChI=1S/C18H20N2O5S.C8H10/c1-3-17(26(24,25)14-6-4-5-12(2)9-14)18(23)20-13-7-8-15(19-11-21)16(22)10-13;1-7-4-3-5-8(2)6-7/h4-11,17,22H,3H2,1-2H3,(H,19,21)(H,20,23);3-6H,1-2H3. The number of phenolic OH excluding ortho intramolecular Hbond substituents is 1. The lowest BCUT2D eigenvalue weighted by molar-refractivity contribution is -0.115. The predicted molar refractivity (Wildman–Crippen MR) is 135 cm³/mol. The first-order valence-corrected chi connectivity index (χ1v) is 12.3. The number of aryl methyl sites for hydroxylation is 3. The minimum absolute atomic E-state index is 0.0906. The van der Waals surface area contributed by atoms with Gasteiger partial charge in [-0.15, -0.1) is 0 Å². The van der Waals surface area contributed by atoms with Crippen molar-refractivity contribution >= 4 is 33.5 Å². The van der Waals surface area contributed by atoms with Gasteiger partial charge in [0.2, 0.25) is 12.3 Å². The Bertz CT molecular complexity index is 1240. The number of carbonyl (C=O) groups is 2. The first-order valence-electron chi connectivity index (χ1n) is 10.8. The fourth-order valence-corrected chi connectivity index (χ4v) is 5.05. The fourth-order valence-electron chi connectivity index (χ4n) is 3.33. The van der Waals surface area contributed by atoms with Crippen LogP contribution in [0.5, 0.6) is 5.75 Å². The molecule has 0 heterocycles. The predicted octanol–water partition coefficient (Wildman–Crippen LogP) is 4.76. The van der Waals surface area contributed by atoms with E-state index in [0.717, 1.165) is 5.56 Å². The minimum Gasteiger partial charge on any atom is -0.506 e. The molecule has 0 radical (unpaired) electrons. The maximum absolute atomic E-state index is 12.8. The summed E-state index contributed by atoms with van der Waals surface area (Å²) in [5.74, 6) is -0.936. The highest BCUT2D eigenvalue weighted by atomic mass is 32.2. The highest BCUT2D eigenvalue weighted by Crippen LogP contribution is 2.27. The fraction of sp³-hybridized carbons (Fsp3) is 0.231. The van der Waals surface area contributed by atoms with Crippen molar-refractivity contribution in [1.82, 2.24) is 0 Å². The van der Waals surface area contributed by atoms with E-state index in [-0.39, 0.29) is 28.4 Å². The zero-order valence-corrected chi connectivity index (χ0v) is 20.5. The third-order valence-corrected chi connectivity index (χ3v) is 7.22. The van der Waals surface area contributed by atoms with Crippen molar-refractivity contribution in [3.8, 4) is 5.75 Å². The number of hydrogen-bond acceptors (Lipinski definition) is 5. The molecular formula is C26H30N2O5S. The van der Waals surface area contributed by atoms with Gasteiger partial charge in [0.1, 0.15) is 11.0 Å². The maximum Gasteiger partial charge on any atom is 0.243 e. The second-order valence-electron chi connectivity index (χ2n) is 7.90. The molecule has 2 amide bonds. The van der Waals surface area contributed by atoms with E-state index in [1.807, 2.05) is 0 Å². The number of benzene rings is 3. The van der Waals surface area contributed by atoms with Crippen LogP contribution < -0.4 is 10.6 Å². The molecule has 34 heavy (non-hydrogen) atoms. The second kappa shape index (κ2) is 12.0. The number of carbonyl (C=O) groups excluding carboxylic acids is 2. The van der Waals surface area contributed by atoms with Crippen LogP contribution in [-0.4, -0.2) is 31.1 Å². The molecule has 0 saturated heterocycles. The van der Waals surface area contributed by atoms with Crippen LogP contribution in [0.1, 0.15) is 30.0 Å². The average molecular weight is 483 g/mol. The van der Waals surface area contributed by atoms with Gasteiger partial charge in [-0.25, -0.2) is 8.42 Å². The Hall–Kier alpha value is -3.65. The van der Waals surface area contributed by atoms with Crippen LogP contribution in [0.15, 0.2) is 71.6 Å². The third-order valence-electron chi connectivity index (χ3n) is 5.01. The molecular weight excluding hydrogens is 452 g/mol. The molecule has 3 aromatic carbocycles. The topological polar surface area (TPSA) is 113 Å². The molecule has 0 bridgehead atoms. The largest absolute Gasteiger partial charge is 0.506 e. The van der Waals surface area contributed by atoms with Crippen molar-refractivity contribution in [3.63, 3.8) is 0 Å². The van der Waals surface area contributed by atoms with Gasteiger partial charge in [0.05, 0.1) is 10.6 Å². The monoisotopic (exact) mass is 482 g/mol. The van der Waals surface area contributed by atoms with E-state index < -0.39 is 21.0 Å². The van der Waals surface area contributed by atoms with Crippen molar-refractivity contribution in [1.29, 1.82) is 0 Å². The van der Waals surface area contributed by atoms with Crippen molar-refractivity contribution in [3.05, 3.63) is 83.4 Å². The van der Waals surface area contributed by atoms with Crippen molar-refractivity contribution in [2.24, 2.45) is 0 Å². The number of anilines is 2. The summed E-state index contributed by atoms with van der Waals surface area (Å²) in [6.07, 6.45) is 0.508. The zero-order chi connectivity index (χ0) is 25.3. The van der Waals surface area contributed by atoms with E-state index in [0.29, 0.717) is 6.41 Å². The van der Waals surface area contributed by atoms with Crippen LogP contribution in [0.2, 0.25) is 0 Å². The van der Waals surface area contributed by atoms with E-state index >= 15 is 0 Å². The van der Waals surface area contributed by atoms with Gasteiger partial charge in [0.15, 0.2) is 9.84 Å². The van der Waals surface area contributed by atoms with Gasteiger partial charge < -0.3 is 15.7 Å². The molecule has 8 heteroatoms. The van der Waals surface area contributed by atoms with E-state index in [1.165, 1.54) is 41.5 Å². The number of hydrogen-bond donors (Lipinski definition) is 3. The smallest absolute Gasteiger partial charge is 0.243 e. The number of rotatable bonds is 7. The number of aromatic hydroxyl groups is 1. The highest BCUT2D eigenvalue weighted by molar-refractivity contribution is 7.92. The molecule has 0 aromatic heterocycles. The van der Waals surface area contributed by atoms with Gasteiger partial charge in [-0.05, 0) is 57.0 Å². The summed E-state index contributed by atoms with van der Waals surface area (Å²) in [6.45, 7) is 7.60. The number of nitrogens with one attached hydrogen (secondary N) is 2. The second-order valence-corrected chi connectivity index (χ2v) is 10.0. The van der Waals surface area contributed by atoms with E-state index in [1.54, 1.807) is 26.0 Å². The summed E-state index contributed by atoms with van der Waals surface area (Å²) in [5, 5.41) is 13.3. The minimum atomic E-state index is -3.85. The Balaban J connectivity index is 0.000000430.